The number of para-hydroxylation sites is 1. The van der Waals surface area contributed by atoms with Gasteiger partial charge in [-0.1, -0.05) is 24.3 Å². The van der Waals surface area contributed by atoms with Crippen molar-refractivity contribution in [3.8, 4) is 0 Å². The topological polar surface area (TPSA) is 17.4 Å². The minimum Gasteiger partial charge on any atom is -0.371 e. The van der Waals surface area contributed by atoms with E-state index >= 15 is 0 Å². The van der Waals surface area contributed by atoms with Crippen LogP contribution in [0.25, 0.3) is 10.2 Å². The van der Waals surface area contributed by atoms with Gasteiger partial charge in [-0.15, -0.1) is 11.3 Å². The van der Waals surface area contributed by atoms with Gasteiger partial charge in [-0.25, -0.2) is 4.39 Å². The largest absolute Gasteiger partial charge is 0.371 e. The van der Waals surface area contributed by atoms with Gasteiger partial charge >= 0.3 is 0 Å². The van der Waals surface area contributed by atoms with Crippen molar-refractivity contribution in [2.24, 2.45) is 0 Å². The summed E-state index contributed by atoms with van der Waals surface area (Å²) in [4.78, 5) is 2.34. The first-order valence-electron chi connectivity index (χ1n) is 7.88. The van der Waals surface area contributed by atoms with Crippen molar-refractivity contribution in [2.75, 3.05) is 19.7 Å². The average Bonchev–Trinajstić information content (AvgIpc) is 2.92. The summed E-state index contributed by atoms with van der Waals surface area (Å²) in [5.41, 5.74) is 2.19. The highest BCUT2D eigenvalue weighted by Gasteiger charge is 2.22. The molecule has 0 bridgehead atoms. The van der Waals surface area contributed by atoms with Crippen LogP contribution in [-0.2, 0) is 11.4 Å². The number of rotatable bonds is 3. The molecular weight excluding hydrogens is 343 g/mol. The minimum atomic E-state index is -0.220. The first kappa shape index (κ1) is 15.9. The summed E-state index contributed by atoms with van der Waals surface area (Å²) in [6.45, 7) is 3.06. The van der Waals surface area contributed by atoms with Gasteiger partial charge in [-0.2, -0.15) is 0 Å². The van der Waals surface area contributed by atoms with Gasteiger partial charge in [0.15, 0.2) is 3.95 Å². The standard InChI is InChI=1S/C18H17FN2OS2/c19-14-7-5-13(6-8-14)16-11-20(9-10-22-16)12-21-15-3-1-2-4-17(15)24-18(21)23/h1-8,16H,9-12H2/t16-/m0/s1. The van der Waals surface area contributed by atoms with Gasteiger partial charge in [0.25, 0.3) is 0 Å². The average molecular weight is 360 g/mol. The Morgan fingerprint density at radius 1 is 1.17 bits per heavy atom. The Bertz CT molecular complexity index is 903. The molecule has 0 unspecified atom stereocenters. The third kappa shape index (κ3) is 3.15. The lowest BCUT2D eigenvalue weighted by atomic mass is 10.1. The number of ether oxygens (including phenoxy) is 1. The zero-order valence-corrected chi connectivity index (χ0v) is 14.7. The Hall–Kier alpha value is -1.60. The van der Waals surface area contributed by atoms with Gasteiger partial charge in [-0.05, 0) is 42.0 Å². The van der Waals surface area contributed by atoms with E-state index in [1.807, 2.05) is 12.1 Å². The molecule has 1 aliphatic rings. The highest BCUT2D eigenvalue weighted by Crippen LogP contribution is 2.26. The van der Waals surface area contributed by atoms with Gasteiger partial charge in [0.1, 0.15) is 5.82 Å². The molecule has 3 aromatic rings. The predicted octanol–water partition coefficient (Wildman–Crippen LogP) is 4.60. The zero-order valence-electron chi connectivity index (χ0n) is 13.0. The fourth-order valence-corrected chi connectivity index (χ4v) is 4.37. The fourth-order valence-electron chi connectivity index (χ4n) is 3.06. The molecule has 3 nitrogen and oxygen atoms in total. The first-order valence-corrected chi connectivity index (χ1v) is 9.11. The molecule has 1 saturated heterocycles. The van der Waals surface area contributed by atoms with Crippen LogP contribution in [0.5, 0.6) is 0 Å². The second kappa shape index (κ2) is 6.72. The number of aromatic nitrogens is 1. The lowest BCUT2D eigenvalue weighted by molar-refractivity contribution is -0.0399. The molecule has 1 fully saturated rings. The lowest BCUT2D eigenvalue weighted by Crippen LogP contribution is -2.39. The van der Waals surface area contributed by atoms with Crippen LogP contribution in [0.2, 0.25) is 0 Å². The number of morpholine rings is 1. The van der Waals surface area contributed by atoms with Gasteiger partial charge in [-0.3, -0.25) is 4.90 Å². The number of halogens is 1. The molecule has 0 spiro atoms. The zero-order chi connectivity index (χ0) is 16.5. The maximum Gasteiger partial charge on any atom is 0.163 e. The van der Waals surface area contributed by atoms with E-state index in [0.29, 0.717) is 6.61 Å². The Kier molecular flexibility index (Phi) is 4.45. The van der Waals surface area contributed by atoms with E-state index in [1.54, 1.807) is 23.5 Å². The van der Waals surface area contributed by atoms with Gasteiger partial charge in [0, 0.05) is 13.1 Å². The molecule has 0 amide bonds. The van der Waals surface area contributed by atoms with Gasteiger partial charge < -0.3 is 9.30 Å². The fraction of sp³-hybridized carbons (Fsp3) is 0.278. The minimum absolute atomic E-state index is 0.0292. The summed E-state index contributed by atoms with van der Waals surface area (Å²) in [6, 6.07) is 14.9. The predicted molar refractivity (Wildman–Crippen MR) is 97.3 cm³/mol. The molecule has 2 heterocycles. The van der Waals surface area contributed by atoms with Crippen LogP contribution in [0.4, 0.5) is 4.39 Å². The van der Waals surface area contributed by atoms with Crippen LogP contribution < -0.4 is 0 Å². The number of thiazole rings is 1. The molecule has 0 aliphatic carbocycles. The second-order valence-corrected chi connectivity index (χ2v) is 7.57. The molecule has 4 rings (SSSR count). The molecule has 0 saturated carbocycles. The van der Waals surface area contributed by atoms with E-state index in [1.165, 1.54) is 22.3 Å². The van der Waals surface area contributed by atoms with Gasteiger partial charge in [0.2, 0.25) is 0 Å². The number of benzene rings is 2. The molecule has 0 radical (unpaired) electrons. The van der Waals surface area contributed by atoms with Crippen molar-refractivity contribution in [1.29, 1.82) is 0 Å². The highest BCUT2D eigenvalue weighted by atomic mass is 32.1. The first-order chi connectivity index (χ1) is 11.7. The Morgan fingerprint density at radius 2 is 1.96 bits per heavy atom. The molecule has 0 N–H and O–H groups in total. The lowest BCUT2D eigenvalue weighted by Gasteiger charge is -2.33. The monoisotopic (exact) mass is 360 g/mol. The summed E-state index contributed by atoms with van der Waals surface area (Å²) < 4.78 is 23.3. The molecule has 2 aromatic carbocycles. The Labute approximate surface area is 148 Å². The van der Waals surface area contributed by atoms with Crippen LogP contribution in [0, 0.1) is 9.77 Å². The molecule has 124 valence electrons. The SMILES string of the molecule is Fc1ccc([C@@H]2CN(Cn3c(=S)sc4ccccc43)CCO2)cc1. The van der Waals surface area contributed by atoms with Crippen molar-refractivity contribution < 1.29 is 9.13 Å². The van der Waals surface area contributed by atoms with Crippen molar-refractivity contribution >= 4 is 33.8 Å². The van der Waals surface area contributed by atoms with E-state index in [0.717, 1.165) is 29.3 Å². The molecule has 6 heteroatoms. The number of fused-ring (bicyclic) bond motifs is 1. The maximum atomic E-state index is 13.1. The molecule has 1 aliphatic heterocycles. The second-order valence-electron chi connectivity index (χ2n) is 5.89. The quantitative estimate of drug-likeness (QED) is 0.636. The third-order valence-electron chi connectivity index (χ3n) is 4.31. The van der Waals surface area contributed by atoms with Crippen LogP contribution in [-0.4, -0.2) is 29.2 Å². The van der Waals surface area contributed by atoms with E-state index in [4.69, 9.17) is 17.0 Å². The summed E-state index contributed by atoms with van der Waals surface area (Å²) in [5, 5.41) is 0. The number of hydrogen-bond donors (Lipinski definition) is 0. The Morgan fingerprint density at radius 3 is 2.79 bits per heavy atom. The normalized spacial score (nSPS) is 19.0. The van der Waals surface area contributed by atoms with Crippen LogP contribution in [0.1, 0.15) is 11.7 Å². The summed E-state index contributed by atoms with van der Waals surface area (Å²) in [6.07, 6.45) is -0.0292. The van der Waals surface area contributed by atoms with Crippen molar-refractivity contribution in [3.63, 3.8) is 0 Å². The number of nitrogens with zero attached hydrogens (tertiary/aromatic N) is 2. The van der Waals surface area contributed by atoms with Crippen molar-refractivity contribution in [3.05, 3.63) is 63.9 Å². The van der Waals surface area contributed by atoms with Crippen LogP contribution in [0.3, 0.4) is 0 Å². The van der Waals surface area contributed by atoms with Crippen LogP contribution >= 0.6 is 23.6 Å². The molecular formula is C18H17FN2OS2. The molecule has 24 heavy (non-hydrogen) atoms. The number of hydrogen-bond acceptors (Lipinski definition) is 4. The van der Waals surface area contributed by atoms with Crippen molar-refractivity contribution in [1.82, 2.24) is 9.47 Å². The van der Waals surface area contributed by atoms with E-state index in [9.17, 15) is 4.39 Å². The smallest absolute Gasteiger partial charge is 0.163 e. The summed E-state index contributed by atoms with van der Waals surface area (Å²) in [7, 11) is 0. The highest BCUT2D eigenvalue weighted by molar-refractivity contribution is 7.73. The van der Waals surface area contributed by atoms with Crippen molar-refractivity contribution in [2.45, 2.75) is 12.8 Å². The molecule has 1 aromatic heterocycles. The Balaban J connectivity index is 1.55. The third-order valence-corrected chi connectivity index (χ3v) is 5.74. The van der Waals surface area contributed by atoms with Gasteiger partial charge in [0.05, 0.1) is 29.6 Å². The van der Waals surface area contributed by atoms with E-state index < -0.39 is 0 Å². The summed E-state index contributed by atoms with van der Waals surface area (Å²) >= 11 is 7.18. The van der Waals surface area contributed by atoms with E-state index in [-0.39, 0.29) is 11.9 Å². The molecule has 1 atom stereocenters. The summed E-state index contributed by atoms with van der Waals surface area (Å²) in [5.74, 6) is -0.220. The van der Waals surface area contributed by atoms with Crippen LogP contribution in [0.15, 0.2) is 48.5 Å². The van der Waals surface area contributed by atoms with E-state index in [2.05, 4.69) is 21.6 Å². The maximum absolute atomic E-state index is 13.1.